The molecule has 0 saturated carbocycles. The van der Waals surface area contributed by atoms with Crippen molar-refractivity contribution < 1.29 is 0 Å². The highest BCUT2D eigenvalue weighted by molar-refractivity contribution is 6.30. The van der Waals surface area contributed by atoms with E-state index in [0.717, 1.165) is 24.0 Å². The van der Waals surface area contributed by atoms with E-state index in [9.17, 15) is 0 Å². The molecule has 2 fully saturated rings. The Hall–Kier alpha value is -0.610. The molecule has 2 unspecified atom stereocenters. The quantitative estimate of drug-likeness (QED) is 0.927. The van der Waals surface area contributed by atoms with Crippen LogP contribution >= 0.6 is 11.6 Å². The number of benzene rings is 1. The molecule has 2 atom stereocenters. The first-order valence-corrected chi connectivity index (χ1v) is 8.42. The molecule has 2 N–H and O–H groups in total. The molecule has 0 radical (unpaired) electrons. The van der Waals surface area contributed by atoms with Crippen molar-refractivity contribution in [1.82, 2.24) is 9.80 Å². The van der Waals surface area contributed by atoms with E-state index in [-0.39, 0.29) is 5.54 Å². The Bertz CT molecular complexity index is 475. The molecular weight excluding hydrogens is 282 g/mol. The predicted octanol–water partition coefficient (Wildman–Crippen LogP) is 2.38. The van der Waals surface area contributed by atoms with Crippen LogP contribution in [-0.2, 0) is 6.42 Å². The Balaban J connectivity index is 1.71. The fourth-order valence-electron chi connectivity index (χ4n) is 3.84. The number of nitrogens with two attached hydrogens (primary N) is 1. The first kappa shape index (κ1) is 15.3. The monoisotopic (exact) mass is 307 g/mol. The summed E-state index contributed by atoms with van der Waals surface area (Å²) >= 11 is 5.99. The first-order valence-electron chi connectivity index (χ1n) is 8.04. The maximum Gasteiger partial charge on any atom is 0.0406 e. The summed E-state index contributed by atoms with van der Waals surface area (Å²) < 4.78 is 0. The Labute approximate surface area is 133 Å². The zero-order chi connectivity index (χ0) is 14.9. The maximum atomic E-state index is 6.17. The van der Waals surface area contributed by atoms with Crippen LogP contribution in [0.5, 0.6) is 0 Å². The second-order valence-electron chi connectivity index (χ2n) is 6.78. The summed E-state index contributed by atoms with van der Waals surface area (Å²) in [5, 5.41) is 0.799. The molecule has 3 nitrogen and oxygen atoms in total. The van der Waals surface area contributed by atoms with Gasteiger partial charge < -0.3 is 5.73 Å². The van der Waals surface area contributed by atoms with Gasteiger partial charge in [-0.1, -0.05) is 23.7 Å². The minimum absolute atomic E-state index is 0.0442. The molecule has 0 bridgehead atoms. The fourth-order valence-corrected chi connectivity index (χ4v) is 3.96. The summed E-state index contributed by atoms with van der Waals surface area (Å²) in [6.07, 6.45) is 3.69. The molecule has 0 aromatic heterocycles. The first-order chi connectivity index (χ1) is 10.1. The molecule has 0 spiro atoms. The molecule has 1 aromatic carbocycles. The number of nitrogens with zero attached hydrogens (tertiary/aromatic N) is 2. The third-order valence-electron chi connectivity index (χ3n) is 5.29. The SMILES string of the molecule is CC(CN)(Cc1ccc(Cl)cc1)N1CCN2CCCC2C1. The molecule has 3 rings (SSSR count). The van der Waals surface area contributed by atoms with E-state index in [0.29, 0.717) is 6.54 Å². The normalized spacial score (nSPS) is 26.5. The van der Waals surface area contributed by atoms with Crippen LogP contribution in [0.3, 0.4) is 0 Å². The molecule has 21 heavy (non-hydrogen) atoms. The Morgan fingerprint density at radius 3 is 2.71 bits per heavy atom. The number of hydrogen-bond acceptors (Lipinski definition) is 3. The zero-order valence-corrected chi connectivity index (χ0v) is 13.6. The van der Waals surface area contributed by atoms with E-state index in [4.69, 9.17) is 17.3 Å². The summed E-state index contributed by atoms with van der Waals surface area (Å²) in [6.45, 7) is 7.80. The number of hydrogen-bond donors (Lipinski definition) is 1. The van der Waals surface area contributed by atoms with Crippen molar-refractivity contribution >= 4 is 11.6 Å². The van der Waals surface area contributed by atoms with E-state index < -0.39 is 0 Å². The van der Waals surface area contributed by atoms with Gasteiger partial charge in [0.1, 0.15) is 0 Å². The molecule has 1 aromatic rings. The lowest BCUT2D eigenvalue weighted by Crippen LogP contribution is -2.61. The molecule has 2 saturated heterocycles. The van der Waals surface area contributed by atoms with Crippen LogP contribution in [0, 0.1) is 0 Å². The number of piperazine rings is 1. The average molecular weight is 308 g/mol. The molecule has 2 heterocycles. The van der Waals surface area contributed by atoms with Gasteiger partial charge in [-0.3, -0.25) is 9.80 Å². The van der Waals surface area contributed by atoms with Crippen molar-refractivity contribution in [2.75, 3.05) is 32.7 Å². The average Bonchev–Trinajstić information content (AvgIpc) is 2.97. The number of halogens is 1. The van der Waals surface area contributed by atoms with Gasteiger partial charge in [-0.05, 0) is 50.4 Å². The lowest BCUT2D eigenvalue weighted by atomic mass is 9.89. The summed E-state index contributed by atoms with van der Waals surface area (Å²) in [6, 6.07) is 8.95. The van der Waals surface area contributed by atoms with Crippen LogP contribution in [0.4, 0.5) is 0 Å². The Kier molecular flexibility index (Phi) is 4.55. The van der Waals surface area contributed by atoms with Crippen molar-refractivity contribution in [1.29, 1.82) is 0 Å². The maximum absolute atomic E-state index is 6.17. The highest BCUT2D eigenvalue weighted by Crippen LogP contribution is 2.28. The van der Waals surface area contributed by atoms with Gasteiger partial charge in [0.05, 0.1) is 0 Å². The molecule has 4 heteroatoms. The molecular formula is C17H26ClN3. The summed E-state index contributed by atoms with van der Waals surface area (Å²) in [5.74, 6) is 0. The topological polar surface area (TPSA) is 32.5 Å². The van der Waals surface area contributed by atoms with Crippen molar-refractivity contribution in [3.8, 4) is 0 Å². The van der Waals surface area contributed by atoms with E-state index in [1.54, 1.807) is 0 Å². The highest BCUT2D eigenvalue weighted by Gasteiger charge is 2.38. The van der Waals surface area contributed by atoms with Gasteiger partial charge in [0.15, 0.2) is 0 Å². The summed E-state index contributed by atoms with van der Waals surface area (Å²) in [4.78, 5) is 5.27. The second-order valence-corrected chi connectivity index (χ2v) is 7.22. The van der Waals surface area contributed by atoms with Gasteiger partial charge in [-0.2, -0.15) is 0 Å². The van der Waals surface area contributed by atoms with Gasteiger partial charge in [0, 0.05) is 42.8 Å². The van der Waals surface area contributed by atoms with Crippen molar-refractivity contribution in [2.24, 2.45) is 5.73 Å². The van der Waals surface area contributed by atoms with Gasteiger partial charge >= 0.3 is 0 Å². The second kappa shape index (κ2) is 6.25. The smallest absolute Gasteiger partial charge is 0.0406 e. The van der Waals surface area contributed by atoms with Gasteiger partial charge in [0.25, 0.3) is 0 Å². The van der Waals surface area contributed by atoms with Crippen molar-refractivity contribution in [3.63, 3.8) is 0 Å². The van der Waals surface area contributed by atoms with Crippen LogP contribution in [0.15, 0.2) is 24.3 Å². The summed E-state index contributed by atoms with van der Waals surface area (Å²) in [5.41, 5.74) is 7.54. The van der Waals surface area contributed by atoms with Crippen LogP contribution in [0.2, 0.25) is 5.02 Å². The summed E-state index contributed by atoms with van der Waals surface area (Å²) in [7, 11) is 0. The van der Waals surface area contributed by atoms with Gasteiger partial charge in [-0.15, -0.1) is 0 Å². The molecule has 0 amide bonds. The standard InChI is InChI=1S/C17H26ClN3/c1-17(13-19,11-14-4-6-15(18)7-5-14)21-10-9-20-8-2-3-16(20)12-21/h4-7,16H,2-3,8-13,19H2,1H3. The predicted molar refractivity (Wildman–Crippen MR) is 88.8 cm³/mol. The van der Waals surface area contributed by atoms with Gasteiger partial charge in [0.2, 0.25) is 0 Å². The highest BCUT2D eigenvalue weighted by atomic mass is 35.5. The molecule has 2 aliphatic heterocycles. The molecule has 0 aliphatic carbocycles. The third kappa shape index (κ3) is 3.26. The lowest BCUT2D eigenvalue weighted by Gasteiger charge is -2.47. The Morgan fingerprint density at radius 2 is 2.00 bits per heavy atom. The lowest BCUT2D eigenvalue weighted by molar-refractivity contribution is 0.0273. The van der Waals surface area contributed by atoms with Gasteiger partial charge in [-0.25, -0.2) is 0 Å². The van der Waals surface area contributed by atoms with Crippen LogP contribution in [-0.4, -0.2) is 54.1 Å². The minimum atomic E-state index is 0.0442. The zero-order valence-electron chi connectivity index (χ0n) is 12.9. The largest absolute Gasteiger partial charge is 0.329 e. The van der Waals surface area contributed by atoms with Crippen LogP contribution in [0.1, 0.15) is 25.3 Å². The van der Waals surface area contributed by atoms with Crippen LogP contribution < -0.4 is 5.73 Å². The van der Waals surface area contributed by atoms with Crippen LogP contribution in [0.25, 0.3) is 0 Å². The number of rotatable bonds is 4. The fraction of sp³-hybridized carbons (Fsp3) is 0.647. The minimum Gasteiger partial charge on any atom is -0.329 e. The van der Waals surface area contributed by atoms with Crippen molar-refractivity contribution in [2.45, 2.75) is 37.8 Å². The molecule has 116 valence electrons. The van der Waals surface area contributed by atoms with E-state index in [2.05, 4.69) is 28.9 Å². The van der Waals surface area contributed by atoms with Crippen molar-refractivity contribution in [3.05, 3.63) is 34.9 Å². The molecule has 2 aliphatic rings. The Morgan fingerprint density at radius 1 is 1.24 bits per heavy atom. The van der Waals surface area contributed by atoms with E-state index in [1.165, 1.54) is 38.0 Å². The van der Waals surface area contributed by atoms with E-state index >= 15 is 0 Å². The number of fused-ring (bicyclic) bond motifs is 1. The third-order valence-corrected chi connectivity index (χ3v) is 5.54. The van der Waals surface area contributed by atoms with E-state index in [1.807, 2.05) is 12.1 Å².